The highest BCUT2D eigenvalue weighted by atomic mass is 79.9. The summed E-state index contributed by atoms with van der Waals surface area (Å²) in [7, 11) is 4.11. The van der Waals surface area contributed by atoms with Gasteiger partial charge in [-0.3, -0.25) is 0 Å². The molecule has 4 nitrogen and oxygen atoms in total. The summed E-state index contributed by atoms with van der Waals surface area (Å²) in [6.07, 6.45) is 2.64. The molecule has 0 amide bonds. The highest BCUT2D eigenvalue weighted by Gasteiger charge is 2.13. The molecule has 6 heteroatoms. The lowest BCUT2D eigenvalue weighted by Crippen LogP contribution is -2.15. The van der Waals surface area contributed by atoms with E-state index >= 15 is 0 Å². The first kappa shape index (κ1) is 20.0. The average molecular weight is 491 g/mol. The molecule has 0 saturated carbocycles. The average Bonchev–Trinajstić information content (AvgIpc) is 2.66. The van der Waals surface area contributed by atoms with Crippen LogP contribution in [-0.2, 0) is 0 Å². The summed E-state index contributed by atoms with van der Waals surface area (Å²) in [6.45, 7) is 1.59. The molecule has 0 bridgehead atoms. The molecule has 0 fully saturated rings. The summed E-state index contributed by atoms with van der Waals surface area (Å²) in [6, 6.07) is 16.2. The Labute approximate surface area is 176 Å². The summed E-state index contributed by atoms with van der Waals surface area (Å²) in [5, 5.41) is 0. The molecule has 140 valence electrons. The molecule has 1 aromatic heterocycles. The normalized spacial score (nSPS) is 11.0. The Morgan fingerprint density at radius 1 is 0.852 bits per heavy atom. The molecule has 0 aliphatic rings. The number of hydrogen-bond acceptors (Lipinski definition) is 4. The maximum Gasteiger partial charge on any atom is 0.232 e. The zero-order valence-corrected chi connectivity index (χ0v) is 18.5. The predicted octanol–water partition coefficient (Wildman–Crippen LogP) is 5.67. The molecule has 0 N–H and O–H groups in total. The minimum atomic E-state index is 0.549. The summed E-state index contributed by atoms with van der Waals surface area (Å²) in [4.78, 5) is 11.6. The first-order valence-electron chi connectivity index (χ1n) is 8.69. The second kappa shape index (κ2) is 9.44. The van der Waals surface area contributed by atoms with Gasteiger partial charge in [0.15, 0.2) is 0 Å². The van der Waals surface area contributed by atoms with Gasteiger partial charge in [0, 0.05) is 26.6 Å². The minimum absolute atomic E-state index is 0.549. The molecule has 0 atom stereocenters. The lowest BCUT2D eigenvalue weighted by molar-refractivity contribution is 0.272. The number of halogens is 2. The van der Waals surface area contributed by atoms with Crippen molar-refractivity contribution in [1.29, 1.82) is 0 Å². The maximum atomic E-state index is 5.84. The van der Waals surface area contributed by atoms with Gasteiger partial charge in [-0.25, -0.2) is 9.97 Å². The second-order valence-electron chi connectivity index (χ2n) is 6.42. The van der Waals surface area contributed by atoms with Crippen molar-refractivity contribution >= 4 is 31.9 Å². The van der Waals surface area contributed by atoms with Crippen molar-refractivity contribution in [2.45, 2.75) is 6.42 Å². The third-order valence-corrected chi connectivity index (χ3v) is 5.04. The van der Waals surface area contributed by atoms with Gasteiger partial charge >= 0.3 is 0 Å². The lowest BCUT2D eigenvalue weighted by Gasteiger charge is -2.13. The Balaban J connectivity index is 1.92. The zero-order chi connectivity index (χ0) is 19.2. The summed E-state index contributed by atoms with van der Waals surface area (Å²) < 4.78 is 7.90. The molecule has 3 aromatic rings. The molecule has 0 aliphatic carbocycles. The summed E-state index contributed by atoms with van der Waals surface area (Å²) in [5.74, 6) is 0.549. The van der Waals surface area contributed by atoms with Crippen LogP contribution in [0.25, 0.3) is 22.5 Å². The number of benzene rings is 2. The van der Waals surface area contributed by atoms with Crippen LogP contribution in [0.5, 0.6) is 5.88 Å². The predicted molar refractivity (Wildman–Crippen MR) is 117 cm³/mol. The van der Waals surface area contributed by atoms with Crippen LogP contribution in [0.15, 0.2) is 63.7 Å². The molecule has 0 unspecified atom stereocenters. The van der Waals surface area contributed by atoms with Crippen LogP contribution in [-0.4, -0.2) is 42.1 Å². The van der Waals surface area contributed by atoms with Crippen LogP contribution >= 0.6 is 31.9 Å². The van der Waals surface area contributed by atoms with Gasteiger partial charge in [-0.15, -0.1) is 0 Å². The number of hydrogen-bond donors (Lipinski definition) is 0. The van der Waals surface area contributed by atoms with E-state index in [9.17, 15) is 0 Å². The smallest absolute Gasteiger partial charge is 0.232 e. The van der Waals surface area contributed by atoms with Crippen molar-refractivity contribution < 1.29 is 4.74 Å². The van der Waals surface area contributed by atoms with Crippen LogP contribution in [0.2, 0.25) is 0 Å². The Bertz CT molecular complexity index is 881. The molecule has 0 aliphatic heterocycles. The van der Waals surface area contributed by atoms with E-state index in [1.165, 1.54) is 0 Å². The highest BCUT2D eigenvalue weighted by molar-refractivity contribution is 9.10. The molecule has 0 spiro atoms. The van der Waals surface area contributed by atoms with E-state index in [1.807, 2.05) is 48.5 Å². The van der Waals surface area contributed by atoms with Crippen molar-refractivity contribution in [2.24, 2.45) is 0 Å². The topological polar surface area (TPSA) is 38.2 Å². The van der Waals surface area contributed by atoms with E-state index < -0.39 is 0 Å². The van der Waals surface area contributed by atoms with Crippen LogP contribution < -0.4 is 4.74 Å². The third-order valence-electron chi connectivity index (χ3n) is 3.99. The monoisotopic (exact) mass is 489 g/mol. The van der Waals surface area contributed by atoms with Gasteiger partial charge in [0.25, 0.3) is 0 Å². The molecular formula is C21H21Br2N3O. The largest absolute Gasteiger partial charge is 0.477 e. The van der Waals surface area contributed by atoms with Crippen LogP contribution in [0.3, 0.4) is 0 Å². The summed E-state index contributed by atoms with van der Waals surface area (Å²) in [5.41, 5.74) is 3.67. The van der Waals surface area contributed by atoms with Gasteiger partial charge in [-0.1, -0.05) is 56.1 Å². The lowest BCUT2D eigenvalue weighted by atomic mass is 10.0. The van der Waals surface area contributed by atoms with E-state index in [-0.39, 0.29) is 0 Å². The zero-order valence-electron chi connectivity index (χ0n) is 15.3. The number of rotatable bonds is 7. The van der Waals surface area contributed by atoms with Gasteiger partial charge in [0.1, 0.15) is 5.69 Å². The standard InChI is InChI=1S/C21H21Br2N3O/c1-26(2)12-3-13-27-19-14-24-20(15-4-8-17(22)9-5-15)21(25-19)16-6-10-18(23)11-7-16/h4-11,14H,3,12-13H2,1-2H3. The number of aromatic nitrogens is 2. The van der Waals surface area contributed by atoms with E-state index in [0.29, 0.717) is 12.5 Å². The molecule has 0 radical (unpaired) electrons. The quantitative estimate of drug-likeness (QED) is 0.400. The Hall–Kier alpha value is -1.76. The molecule has 1 heterocycles. The highest BCUT2D eigenvalue weighted by Crippen LogP contribution is 2.31. The van der Waals surface area contributed by atoms with Crippen LogP contribution in [0.1, 0.15) is 6.42 Å². The van der Waals surface area contributed by atoms with Gasteiger partial charge in [-0.2, -0.15) is 0 Å². The molecule has 0 saturated heterocycles. The van der Waals surface area contributed by atoms with Crippen molar-refractivity contribution in [1.82, 2.24) is 14.9 Å². The van der Waals surface area contributed by atoms with Gasteiger partial charge in [0.05, 0.1) is 18.5 Å². The Morgan fingerprint density at radius 3 is 1.96 bits per heavy atom. The molecule has 2 aromatic carbocycles. The van der Waals surface area contributed by atoms with Gasteiger partial charge in [-0.05, 0) is 44.8 Å². The number of ether oxygens (including phenoxy) is 1. The fraction of sp³-hybridized carbons (Fsp3) is 0.238. The molecule has 3 rings (SSSR count). The van der Waals surface area contributed by atoms with Gasteiger partial charge < -0.3 is 9.64 Å². The van der Waals surface area contributed by atoms with Crippen molar-refractivity contribution in [3.05, 3.63) is 63.7 Å². The fourth-order valence-electron chi connectivity index (χ4n) is 2.63. The summed E-state index contributed by atoms with van der Waals surface area (Å²) >= 11 is 6.97. The first-order chi connectivity index (χ1) is 13.0. The van der Waals surface area contributed by atoms with Gasteiger partial charge in [0.2, 0.25) is 5.88 Å². The van der Waals surface area contributed by atoms with E-state index in [4.69, 9.17) is 9.72 Å². The first-order valence-corrected chi connectivity index (χ1v) is 10.3. The minimum Gasteiger partial charge on any atom is -0.477 e. The van der Waals surface area contributed by atoms with Crippen molar-refractivity contribution in [2.75, 3.05) is 27.2 Å². The maximum absolute atomic E-state index is 5.84. The van der Waals surface area contributed by atoms with Crippen LogP contribution in [0.4, 0.5) is 0 Å². The van der Waals surface area contributed by atoms with E-state index in [2.05, 4.69) is 55.8 Å². The van der Waals surface area contributed by atoms with E-state index in [0.717, 1.165) is 44.4 Å². The van der Waals surface area contributed by atoms with E-state index in [1.54, 1.807) is 6.20 Å². The Morgan fingerprint density at radius 2 is 1.41 bits per heavy atom. The fourth-order valence-corrected chi connectivity index (χ4v) is 3.16. The SMILES string of the molecule is CN(C)CCCOc1cnc(-c2ccc(Br)cc2)c(-c2ccc(Br)cc2)n1. The van der Waals surface area contributed by atoms with Crippen molar-refractivity contribution in [3.63, 3.8) is 0 Å². The van der Waals surface area contributed by atoms with Crippen molar-refractivity contribution in [3.8, 4) is 28.4 Å². The molecule has 27 heavy (non-hydrogen) atoms. The number of nitrogens with zero attached hydrogens (tertiary/aromatic N) is 3. The second-order valence-corrected chi connectivity index (χ2v) is 8.26. The molecular weight excluding hydrogens is 470 g/mol. The Kier molecular flexibility index (Phi) is 6.99. The third kappa shape index (κ3) is 5.61. The van der Waals surface area contributed by atoms with Crippen LogP contribution in [0, 0.1) is 0 Å².